The van der Waals surface area contributed by atoms with Crippen LogP contribution >= 0.6 is 11.6 Å². The van der Waals surface area contributed by atoms with Crippen LogP contribution in [-0.4, -0.2) is 113 Å². The number of carbonyl (C=O) groups is 1. The van der Waals surface area contributed by atoms with Crippen LogP contribution < -0.4 is 14.4 Å². The van der Waals surface area contributed by atoms with Crippen molar-refractivity contribution in [3.05, 3.63) is 70.3 Å². The fourth-order valence-electron chi connectivity index (χ4n) is 10.3. The molecule has 1 amide bonds. The number of hydrogen-bond acceptors (Lipinski definition) is 9. The van der Waals surface area contributed by atoms with Crippen LogP contribution in [0.15, 0.2) is 48.6 Å². The summed E-state index contributed by atoms with van der Waals surface area (Å²) in [6.45, 7) is 14.8. The number of nitrogens with one attached hydrogen (secondary N) is 1. The molecule has 0 unspecified atom stereocenters. The van der Waals surface area contributed by atoms with Gasteiger partial charge in [0.15, 0.2) is 0 Å². The number of sulfonamides is 1. The van der Waals surface area contributed by atoms with Gasteiger partial charge in [-0.05, 0) is 111 Å². The van der Waals surface area contributed by atoms with Gasteiger partial charge in [0.2, 0.25) is 10.0 Å². The molecule has 7 atom stereocenters. The number of benzene rings is 2. The molecule has 2 aromatic carbocycles. The molecule has 10 nitrogen and oxygen atoms in total. The minimum absolute atomic E-state index is 0.223. The molecule has 2 saturated heterocycles. The first kappa shape index (κ1) is 39.2. The number of halogens is 1. The van der Waals surface area contributed by atoms with E-state index in [-0.39, 0.29) is 17.3 Å². The smallest absolute Gasteiger partial charge is 0.264 e. The molecule has 4 heterocycles. The fraction of sp³-hybridized carbons (Fsp3) is 0.651. The van der Waals surface area contributed by atoms with Crippen LogP contribution in [0.1, 0.15) is 80.8 Å². The van der Waals surface area contributed by atoms with E-state index in [1.165, 1.54) is 11.1 Å². The molecule has 0 aromatic heterocycles. The third-order valence-electron chi connectivity index (χ3n) is 13.8. The highest BCUT2D eigenvalue weighted by atomic mass is 35.5. The molecule has 4 aliphatic heterocycles. The molecule has 1 N–H and O–H groups in total. The number of rotatable bonds is 5. The number of nitrogens with zero attached hydrogens (tertiary/aromatic N) is 3. The van der Waals surface area contributed by atoms with Crippen LogP contribution in [0.3, 0.4) is 0 Å². The van der Waals surface area contributed by atoms with Crippen molar-refractivity contribution in [3.8, 4) is 5.75 Å². The Labute approximate surface area is 332 Å². The Kier molecular flexibility index (Phi) is 11.3. The predicted octanol–water partition coefficient (Wildman–Crippen LogP) is 6.07. The topological polar surface area (TPSA) is 101 Å². The summed E-state index contributed by atoms with van der Waals surface area (Å²) >= 11 is 6.53. The minimum Gasteiger partial charge on any atom is -0.490 e. The number of carbonyl (C=O) groups excluding carboxylic acids is 1. The average Bonchev–Trinajstić information content (AvgIpc) is 3.31. The normalized spacial score (nSPS) is 34.6. The molecular formula is C43H59ClN4O6S. The molecule has 2 aliphatic carbocycles. The number of hydrogen-bond donors (Lipinski definition) is 1. The predicted molar refractivity (Wildman–Crippen MR) is 217 cm³/mol. The maximum absolute atomic E-state index is 13.7. The molecule has 6 aliphatic rings. The Morgan fingerprint density at radius 3 is 2.76 bits per heavy atom. The van der Waals surface area contributed by atoms with E-state index in [0.717, 1.165) is 114 Å². The summed E-state index contributed by atoms with van der Waals surface area (Å²) in [5, 5.41) is -0.0321. The van der Waals surface area contributed by atoms with E-state index < -0.39 is 26.8 Å². The van der Waals surface area contributed by atoms with Crippen molar-refractivity contribution in [2.45, 2.75) is 88.0 Å². The van der Waals surface area contributed by atoms with Crippen LogP contribution in [0.2, 0.25) is 5.02 Å². The van der Waals surface area contributed by atoms with Crippen molar-refractivity contribution >= 4 is 33.2 Å². The molecular weight excluding hydrogens is 736 g/mol. The zero-order chi connectivity index (χ0) is 38.4. The monoisotopic (exact) mass is 794 g/mol. The SMILES string of the molecule is CCCO[C@@]1(CN2CCN3CCOC[C@@H]3C2)/C=C/C[C@H](C)[C@@H](C)S(=O)(=O)NC(=O)c2ccc3c(c2)N(C[C@@H]2CC[C@H]21)C[C@@]1(CCCc2cc(Cl)ccc21)CO3. The van der Waals surface area contributed by atoms with E-state index in [4.69, 9.17) is 25.8 Å². The van der Waals surface area contributed by atoms with Crippen LogP contribution in [0, 0.1) is 17.8 Å². The average molecular weight is 795 g/mol. The molecule has 55 heavy (non-hydrogen) atoms. The van der Waals surface area contributed by atoms with E-state index >= 15 is 0 Å². The van der Waals surface area contributed by atoms with Gasteiger partial charge in [0.05, 0.1) is 30.8 Å². The van der Waals surface area contributed by atoms with Gasteiger partial charge >= 0.3 is 0 Å². The summed E-state index contributed by atoms with van der Waals surface area (Å²) in [5.74, 6) is 0.473. The van der Waals surface area contributed by atoms with Gasteiger partial charge in [-0.25, -0.2) is 13.1 Å². The summed E-state index contributed by atoms with van der Waals surface area (Å²) in [6, 6.07) is 12.1. The molecule has 3 fully saturated rings. The summed E-state index contributed by atoms with van der Waals surface area (Å²) in [4.78, 5) is 21.3. The second kappa shape index (κ2) is 15.9. The maximum Gasteiger partial charge on any atom is 0.264 e. The molecule has 8 rings (SSSR count). The number of anilines is 1. The highest BCUT2D eigenvalue weighted by Gasteiger charge is 2.50. The van der Waals surface area contributed by atoms with Gasteiger partial charge in [-0.3, -0.25) is 14.6 Å². The fourth-order valence-corrected chi connectivity index (χ4v) is 11.8. The van der Waals surface area contributed by atoms with Gasteiger partial charge in [-0.1, -0.05) is 43.7 Å². The van der Waals surface area contributed by atoms with Gasteiger partial charge in [0, 0.05) is 74.5 Å². The van der Waals surface area contributed by atoms with Crippen molar-refractivity contribution in [1.82, 2.24) is 14.5 Å². The minimum atomic E-state index is -3.97. The number of allylic oxidation sites excluding steroid dienone is 1. The van der Waals surface area contributed by atoms with Crippen molar-refractivity contribution in [2.75, 3.05) is 77.1 Å². The number of fused-ring (bicyclic) bond motifs is 5. The Hall–Kier alpha value is -2.67. The lowest BCUT2D eigenvalue weighted by molar-refractivity contribution is -0.124. The Balaban J connectivity index is 1.20. The first-order valence-corrected chi connectivity index (χ1v) is 22.6. The third-order valence-corrected chi connectivity index (χ3v) is 15.9. The molecule has 2 aromatic rings. The zero-order valence-corrected chi connectivity index (χ0v) is 34.4. The van der Waals surface area contributed by atoms with Crippen molar-refractivity contribution < 1.29 is 27.4 Å². The number of morpholine rings is 1. The van der Waals surface area contributed by atoms with Crippen LogP contribution in [0.25, 0.3) is 0 Å². The number of amides is 1. The second-order valence-corrected chi connectivity index (χ2v) is 19.8. The number of ether oxygens (including phenoxy) is 3. The van der Waals surface area contributed by atoms with Crippen LogP contribution in [0.5, 0.6) is 5.75 Å². The van der Waals surface area contributed by atoms with Crippen molar-refractivity contribution in [1.29, 1.82) is 0 Å². The van der Waals surface area contributed by atoms with E-state index in [0.29, 0.717) is 37.2 Å². The van der Waals surface area contributed by atoms with Crippen molar-refractivity contribution in [3.63, 3.8) is 0 Å². The molecule has 300 valence electrons. The molecule has 1 saturated carbocycles. The van der Waals surface area contributed by atoms with Crippen LogP contribution in [-0.2, 0) is 31.3 Å². The number of aryl methyl sites for hydroxylation is 1. The molecule has 12 heteroatoms. The number of piperazine rings is 1. The maximum atomic E-state index is 13.7. The molecule has 2 bridgehead atoms. The highest BCUT2D eigenvalue weighted by molar-refractivity contribution is 7.90. The lowest BCUT2D eigenvalue weighted by Crippen LogP contribution is -2.63. The van der Waals surface area contributed by atoms with Crippen LogP contribution in [0.4, 0.5) is 5.69 Å². The summed E-state index contributed by atoms with van der Waals surface area (Å²) in [6.07, 6.45) is 11.1. The lowest BCUT2D eigenvalue weighted by Gasteiger charge is -2.53. The zero-order valence-electron chi connectivity index (χ0n) is 32.8. The second-order valence-electron chi connectivity index (χ2n) is 17.3. The van der Waals surface area contributed by atoms with Crippen molar-refractivity contribution in [2.24, 2.45) is 17.8 Å². The van der Waals surface area contributed by atoms with Gasteiger partial charge in [-0.2, -0.15) is 0 Å². The van der Waals surface area contributed by atoms with Gasteiger partial charge in [0.25, 0.3) is 5.91 Å². The summed E-state index contributed by atoms with van der Waals surface area (Å²) in [7, 11) is -3.97. The van der Waals surface area contributed by atoms with Gasteiger partial charge < -0.3 is 19.1 Å². The van der Waals surface area contributed by atoms with Gasteiger partial charge in [0.1, 0.15) is 11.4 Å². The first-order valence-electron chi connectivity index (χ1n) is 20.7. The lowest BCUT2D eigenvalue weighted by atomic mass is 9.63. The van der Waals surface area contributed by atoms with E-state index in [1.54, 1.807) is 13.0 Å². The Bertz CT molecular complexity index is 1880. The Morgan fingerprint density at radius 1 is 1.07 bits per heavy atom. The largest absolute Gasteiger partial charge is 0.490 e. The van der Waals surface area contributed by atoms with E-state index in [9.17, 15) is 13.2 Å². The Morgan fingerprint density at radius 2 is 1.95 bits per heavy atom. The van der Waals surface area contributed by atoms with Gasteiger partial charge in [-0.15, -0.1) is 0 Å². The summed E-state index contributed by atoms with van der Waals surface area (Å²) < 4.78 is 49.7. The van der Waals surface area contributed by atoms with E-state index in [2.05, 4.69) is 50.6 Å². The molecule has 1 spiro atoms. The molecule has 0 radical (unpaired) electrons. The first-order chi connectivity index (χ1) is 26.5. The third kappa shape index (κ3) is 7.83. The standard InChI is InChI=1S/C43H59ClN4O6S/c1-4-20-54-43(28-46-17-18-47-19-21-52-26-36(47)25-46)16-5-7-30(2)31(3)55(50,51)45-41(49)33-10-14-40-39(23-33)48(24-34-9-12-38(34)43)27-42(29-53-40)15-6-8-32-22-35(44)11-13-37(32)42/h5,10-11,13-14,16,22-23,30-31,34,36,38H,4,6-9,12,15,17-21,24-29H2,1-3H3,(H,45,49)/b16-5+/t30-,31+,34-,36-,38+,42-,43+/m0/s1. The quantitative estimate of drug-likeness (QED) is 0.362. The van der Waals surface area contributed by atoms with E-state index in [1.807, 2.05) is 25.1 Å². The summed E-state index contributed by atoms with van der Waals surface area (Å²) in [5.41, 5.74) is 2.90. The highest BCUT2D eigenvalue weighted by Crippen LogP contribution is 2.49.